The minimum atomic E-state index is -0.543. The van der Waals surface area contributed by atoms with E-state index in [-0.39, 0.29) is 27.9 Å². The van der Waals surface area contributed by atoms with Crippen LogP contribution in [0, 0.1) is 10.1 Å². The van der Waals surface area contributed by atoms with Gasteiger partial charge in [-0.2, -0.15) is 0 Å². The first-order valence-electron chi connectivity index (χ1n) is 9.16. The Morgan fingerprint density at radius 1 is 1.23 bits per heavy atom. The maximum atomic E-state index is 10.9. The molecule has 2 aromatic heterocycles. The van der Waals surface area contributed by atoms with Crippen molar-refractivity contribution < 1.29 is 9.66 Å². The summed E-state index contributed by atoms with van der Waals surface area (Å²) in [5.41, 5.74) is 7.22. The second-order valence-corrected chi connectivity index (χ2v) is 6.64. The number of hydrogen-bond acceptors (Lipinski definition) is 10. The number of nitro groups is 1. The number of anilines is 2. The molecule has 0 saturated carbocycles. The van der Waals surface area contributed by atoms with Crippen LogP contribution in [-0.2, 0) is 4.74 Å². The molecule has 3 rings (SSSR count). The molecule has 0 aliphatic heterocycles. The lowest BCUT2D eigenvalue weighted by Gasteiger charge is -2.11. The zero-order valence-electron chi connectivity index (χ0n) is 16.5. The highest BCUT2D eigenvalue weighted by molar-refractivity contribution is 6.33. The van der Waals surface area contributed by atoms with Crippen molar-refractivity contribution in [3.8, 4) is 11.4 Å². The van der Waals surface area contributed by atoms with E-state index in [2.05, 4.69) is 30.5 Å². The van der Waals surface area contributed by atoms with Gasteiger partial charge in [-0.3, -0.25) is 15.1 Å². The molecule has 0 bridgehead atoms. The van der Waals surface area contributed by atoms with Crippen LogP contribution < -0.4 is 11.1 Å². The van der Waals surface area contributed by atoms with Gasteiger partial charge in [0, 0.05) is 50.4 Å². The number of rotatable bonds is 9. The Bertz CT molecular complexity index is 1100. The largest absolute Gasteiger partial charge is 0.385 e. The molecule has 2 heterocycles. The number of nitrogens with one attached hydrogen (secondary N) is 1. The minimum Gasteiger partial charge on any atom is -0.385 e. The Kier molecular flexibility index (Phi) is 7.35. The fourth-order valence-corrected chi connectivity index (χ4v) is 2.75. The Labute approximate surface area is 182 Å². The van der Waals surface area contributed by atoms with Gasteiger partial charge >= 0.3 is 0 Å². The molecule has 12 heteroatoms. The average molecular weight is 443 g/mol. The predicted molar refractivity (Wildman–Crippen MR) is 117 cm³/mol. The standard InChI is InChI=1S/C19H19ClN8O3/c1-31-10-2-7-23-19-16(17(21)24-18(25-19)12-5-8-22-9-6-12)27-26-15-4-3-13(28(29)30)11-14(15)20/h3-6,8-9,11H,2,7,10H2,1H3,(H3,21,23,24,25). The lowest BCUT2D eigenvalue weighted by atomic mass is 10.2. The highest BCUT2D eigenvalue weighted by Gasteiger charge is 2.15. The van der Waals surface area contributed by atoms with Gasteiger partial charge in [0.25, 0.3) is 5.69 Å². The Morgan fingerprint density at radius 3 is 2.68 bits per heavy atom. The van der Waals surface area contributed by atoms with Gasteiger partial charge in [0.15, 0.2) is 23.1 Å². The van der Waals surface area contributed by atoms with Crippen LogP contribution in [-0.4, -0.2) is 40.1 Å². The van der Waals surface area contributed by atoms with Crippen LogP contribution in [0.1, 0.15) is 6.42 Å². The normalized spacial score (nSPS) is 11.0. The predicted octanol–water partition coefficient (Wildman–Crippen LogP) is 4.55. The quantitative estimate of drug-likeness (QED) is 0.212. The smallest absolute Gasteiger partial charge is 0.271 e. The third-order valence-corrected chi connectivity index (χ3v) is 4.37. The summed E-state index contributed by atoms with van der Waals surface area (Å²) in [4.78, 5) is 23.2. The van der Waals surface area contributed by atoms with Crippen molar-refractivity contribution >= 4 is 40.3 Å². The van der Waals surface area contributed by atoms with E-state index >= 15 is 0 Å². The summed E-state index contributed by atoms with van der Waals surface area (Å²) >= 11 is 6.09. The second kappa shape index (κ2) is 10.4. The Morgan fingerprint density at radius 2 is 2.00 bits per heavy atom. The monoisotopic (exact) mass is 442 g/mol. The number of nitrogens with two attached hydrogens (primary N) is 1. The van der Waals surface area contributed by atoms with Crippen molar-refractivity contribution in [2.24, 2.45) is 10.2 Å². The first-order valence-corrected chi connectivity index (χ1v) is 9.53. The topological polar surface area (TPSA) is 154 Å². The number of azo groups is 1. The van der Waals surface area contributed by atoms with Crippen molar-refractivity contribution in [3.05, 3.63) is 57.9 Å². The van der Waals surface area contributed by atoms with E-state index in [0.717, 1.165) is 12.0 Å². The fourth-order valence-electron chi connectivity index (χ4n) is 2.54. The van der Waals surface area contributed by atoms with Gasteiger partial charge in [0.05, 0.1) is 9.95 Å². The van der Waals surface area contributed by atoms with Gasteiger partial charge in [0.1, 0.15) is 5.69 Å². The molecule has 160 valence electrons. The molecule has 11 nitrogen and oxygen atoms in total. The number of non-ortho nitro benzene ring substituents is 1. The summed E-state index contributed by atoms with van der Waals surface area (Å²) in [6.07, 6.45) is 3.99. The van der Waals surface area contributed by atoms with Crippen LogP contribution in [0.25, 0.3) is 11.4 Å². The average Bonchev–Trinajstić information content (AvgIpc) is 2.77. The molecule has 0 radical (unpaired) electrons. The van der Waals surface area contributed by atoms with Crippen LogP contribution in [0.2, 0.25) is 5.02 Å². The van der Waals surface area contributed by atoms with Gasteiger partial charge in [-0.1, -0.05) is 11.6 Å². The summed E-state index contributed by atoms with van der Waals surface area (Å²) in [5.74, 6) is 0.900. The van der Waals surface area contributed by atoms with Crippen LogP contribution in [0.4, 0.5) is 28.7 Å². The van der Waals surface area contributed by atoms with Crippen LogP contribution in [0.5, 0.6) is 0 Å². The van der Waals surface area contributed by atoms with Crippen molar-refractivity contribution in [2.45, 2.75) is 6.42 Å². The molecule has 0 aliphatic rings. The van der Waals surface area contributed by atoms with Crippen molar-refractivity contribution in [3.63, 3.8) is 0 Å². The zero-order valence-corrected chi connectivity index (χ0v) is 17.3. The van der Waals surface area contributed by atoms with E-state index in [4.69, 9.17) is 22.1 Å². The van der Waals surface area contributed by atoms with Crippen molar-refractivity contribution in [2.75, 3.05) is 31.3 Å². The number of ether oxygens (including phenoxy) is 1. The molecule has 0 fully saturated rings. The van der Waals surface area contributed by atoms with E-state index in [0.29, 0.717) is 24.8 Å². The van der Waals surface area contributed by atoms with Crippen LogP contribution in [0.3, 0.4) is 0 Å². The number of methoxy groups -OCH3 is 1. The molecular weight excluding hydrogens is 424 g/mol. The number of nitrogen functional groups attached to an aromatic ring is 1. The Balaban J connectivity index is 1.95. The SMILES string of the molecule is COCCCNc1nc(-c2ccncc2)nc(N)c1N=Nc1ccc([N+](=O)[O-])cc1Cl. The number of halogens is 1. The zero-order chi connectivity index (χ0) is 22.2. The van der Waals surface area contributed by atoms with Crippen molar-refractivity contribution in [1.29, 1.82) is 0 Å². The van der Waals surface area contributed by atoms with Gasteiger partial charge in [0.2, 0.25) is 0 Å². The first-order chi connectivity index (χ1) is 15.0. The number of benzene rings is 1. The van der Waals surface area contributed by atoms with Crippen molar-refractivity contribution in [1.82, 2.24) is 15.0 Å². The van der Waals surface area contributed by atoms with Gasteiger partial charge in [-0.05, 0) is 24.6 Å². The maximum Gasteiger partial charge on any atom is 0.271 e. The molecule has 0 aliphatic carbocycles. The second-order valence-electron chi connectivity index (χ2n) is 6.23. The van der Waals surface area contributed by atoms with Gasteiger partial charge in [-0.25, -0.2) is 9.97 Å². The molecule has 0 amide bonds. The highest BCUT2D eigenvalue weighted by Crippen LogP contribution is 2.35. The number of pyridine rings is 1. The number of hydrogen-bond donors (Lipinski definition) is 2. The van der Waals surface area contributed by atoms with E-state index < -0.39 is 4.92 Å². The van der Waals surface area contributed by atoms with Gasteiger partial charge < -0.3 is 15.8 Å². The van der Waals surface area contributed by atoms with Crippen LogP contribution in [0.15, 0.2) is 53.0 Å². The highest BCUT2D eigenvalue weighted by atomic mass is 35.5. The molecule has 0 atom stereocenters. The molecular formula is C19H19ClN8O3. The summed E-state index contributed by atoms with van der Waals surface area (Å²) in [6.45, 7) is 1.13. The van der Waals surface area contributed by atoms with E-state index in [9.17, 15) is 10.1 Å². The number of nitrogens with zero attached hydrogens (tertiary/aromatic N) is 6. The summed E-state index contributed by atoms with van der Waals surface area (Å²) in [6, 6.07) is 7.42. The molecule has 31 heavy (non-hydrogen) atoms. The third kappa shape index (κ3) is 5.68. The minimum absolute atomic E-state index is 0.0837. The molecule has 0 spiro atoms. The lowest BCUT2D eigenvalue weighted by Crippen LogP contribution is -2.09. The summed E-state index contributed by atoms with van der Waals surface area (Å²) in [7, 11) is 1.62. The summed E-state index contributed by atoms with van der Waals surface area (Å²) in [5, 5.41) is 22.4. The van der Waals surface area contributed by atoms with E-state index in [1.807, 2.05) is 0 Å². The fraction of sp³-hybridized carbons (Fsp3) is 0.211. The summed E-state index contributed by atoms with van der Waals surface area (Å²) < 4.78 is 5.06. The first kappa shape index (κ1) is 22.0. The van der Waals surface area contributed by atoms with E-state index in [1.54, 1.807) is 31.6 Å². The Hall–Kier alpha value is -3.70. The van der Waals surface area contributed by atoms with Crippen LogP contribution >= 0.6 is 11.6 Å². The molecule has 3 aromatic rings. The molecule has 1 aromatic carbocycles. The third-order valence-electron chi connectivity index (χ3n) is 4.07. The number of aromatic nitrogens is 3. The van der Waals surface area contributed by atoms with Gasteiger partial charge in [-0.15, -0.1) is 10.2 Å². The molecule has 0 saturated heterocycles. The maximum absolute atomic E-state index is 10.9. The van der Waals surface area contributed by atoms with E-state index in [1.165, 1.54) is 18.2 Å². The number of nitro benzene ring substituents is 1. The lowest BCUT2D eigenvalue weighted by molar-refractivity contribution is -0.384. The molecule has 0 unspecified atom stereocenters. The molecule has 3 N–H and O–H groups in total.